The topological polar surface area (TPSA) is 57.5 Å². The van der Waals surface area contributed by atoms with Crippen molar-refractivity contribution in [1.29, 1.82) is 0 Å². The summed E-state index contributed by atoms with van der Waals surface area (Å²) in [5.41, 5.74) is 2.69. The molecule has 1 aliphatic rings. The van der Waals surface area contributed by atoms with E-state index in [0.717, 1.165) is 35.9 Å². The first-order valence-electron chi connectivity index (χ1n) is 11.1. The van der Waals surface area contributed by atoms with Gasteiger partial charge in [-0.15, -0.1) is 0 Å². The highest BCUT2D eigenvalue weighted by molar-refractivity contribution is 7.80. The van der Waals surface area contributed by atoms with Crippen LogP contribution in [-0.2, 0) is 4.79 Å². The van der Waals surface area contributed by atoms with Crippen molar-refractivity contribution < 1.29 is 9.21 Å². The number of nitrogens with one attached hydrogen (secondary N) is 2. The van der Waals surface area contributed by atoms with Crippen molar-refractivity contribution in [1.82, 2.24) is 5.32 Å². The van der Waals surface area contributed by atoms with Crippen molar-refractivity contribution >= 4 is 63.9 Å². The van der Waals surface area contributed by atoms with E-state index in [4.69, 9.17) is 39.8 Å². The van der Waals surface area contributed by atoms with Gasteiger partial charge in [0, 0.05) is 29.8 Å². The quantitative estimate of drug-likeness (QED) is 0.283. The fraction of sp³-hybridized carbons (Fsp3) is 0.231. The van der Waals surface area contributed by atoms with Crippen LogP contribution in [0.25, 0.3) is 17.4 Å². The van der Waals surface area contributed by atoms with Gasteiger partial charge in [-0.2, -0.15) is 0 Å². The third-order valence-corrected chi connectivity index (χ3v) is 6.49. The number of nitrogens with zero attached hydrogens (tertiary/aromatic N) is 1. The van der Waals surface area contributed by atoms with E-state index in [2.05, 4.69) is 28.5 Å². The number of rotatable bonds is 5. The Bertz CT molecular complexity index is 1220. The zero-order valence-electron chi connectivity index (χ0n) is 18.7. The molecule has 1 fully saturated rings. The van der Waals surface area contributed by atoms with Crippen LogP contribution in [0.1, 0.15) is 25.5 Å². The SMILES string of the molecule is CC1CCN(c2ccccc2NC(=S)NC(=O)/C=C/c2ccc(-c3ccc(Cl)cc3Cl)o2)CC1. The Hall–Kier alpha value is -2.80. The molecule has 3 aromatic rings. The van der Waals surface area contributed by atoms with E-state index < -0.39 is 0 Å². The lowest BCUT2D eigenvalue weighted by atomic mass is 9.98. The van der Waals surface area contributed by atoms with Crippen LogP contribution < -0.4 is 15.5 Å². The van der Waals surface area contributed by atoms with Gasteiger partial charge in [-0.3, -0.25) is 10.1 Å². The van der Waals surface area contributed by atoms with Gasteiger partial charge in [-0.05, 0) is 79.5 Å². The maximum absolute atomic E-state index is 12.4. The molecule has 0 saturated carbocycles. The van der Waals surface area contributed by atoms with Crippen LogP contribution in [0.4, 0.5) is 11.4 Å². The third kappa shape index (κ3) is 6.20. The zero-order chi connectivity index (χ0) is 24.1. The minimum Gasteiger partial charge on any atom is -0.457 e. The molecular formula is C26H25Cl2N3O2S. The summed E-state index contributed by atoms with van der Waals surface area (Å²) < 4.78 is 5.78. The summed E-state index contributed by atoms with van der Waals surface area (Å²) in [6.45, 7) is 4.30. The van der Waals surface area contributed by atoms with Gasteiger partial charge in [-0.1, -0.05) is 42.3 Å². The van der Waals surface area contributed by atoms with Crippen LogP contribution in [0.3, 0.4) is 0 Å². The molecule has 5 nitrogen and oxygen atoms in total. The number of para-hydroxylation sites is 2. The van der Waals surface area contributed by atoms with Gasteiger partial charge in [0.2, 0.25) is 5.91 Å². The van der Waals surface area contributed by atoms with Gasteiger partial charge in [0.1, 0.15) is 11.5 Å². The van der Waals surface area contributed by atoms with Crippen LogP contribution in [0, 0.1) is 5.92 Å². The number of hydrogen-bond donors (Lipinski definition) is 2. The summed E-state index contributed by atoms with van der Waals surface area (Å²) in [4.78, 5) is 14.8. The molecule has 1 aliphatic heterocycles. The molecule has 0 aliphatic carbocycles. The molecule has 1 saturated heterocycles. The minimum atomic E-state index is -0.357. The summed E-state index contributed by atoms with van der Waals surface area (Å²) >= 11 is 17.6. The molecule has 0 unspecified atom stereocenters. The van der Waals surface area contributed by atoms with Gasteiger partial charge in [0.05, 0.1) is 16.4 Å². The highest BCUT2D eigenvalue weighted by atomic mass is 35.5. The normalized spacial score (nSPS) is 14.4. The Morgan fingerprint density at radius 3 is 2.65 bits per heavy atom. The fourth-order valence-electron chi connectivity index (χ4n) is 3.85. The average molecular weight is 514 g/mol. The van der Waals surface area contributed by atoms with Crippen molar-refractivity contribution in [3.63, 3.8) is 0 Å². The standard InChI is InChI=1S/C26H25Cl2N3O2S/c1-17-12-14-31(15-13-17)23-5-3-2-4-22(23)29-26(34)30-25(32)11-8-19-7-10-24(33-19)20-9-6-18(27)16-21(20)28/h2-11,16-17H,12-15H2,1H3,(H2,29,30,32,34)/b11-8+. The van der Waals surface area contributed by atoms with E-state index in [0.29, 0.717) is 21.6 Å². The molecule has 2 heterocycles. The largest absolute Gasteiger partial charge is 0.457 e. The smallest absolute Gasteiger partial charge is 0.250 e. The molecule has 2 aromatic carbocycles. The molecule has 1 amide bonds. The lowest BCUT2D eigenvalue weighted by molar-refractivity contribution is -0.115. The number of halogens is 2. The molecule has 2 N–H and O–H groups in total. The number of carbonyl (C=O) groups excluding carboxylic acids is 1. The van der Waals surface area contributed by atoms with Gasteiger partial charge < -0.3 is 14.6 Å². The highest BCUT2D eigenvalue weighted by Gasteiger charge is 2.18. The molecule has 176 valence electrons. The average Bonchev–Trinajstić information content (AvgIpc) is 3.27. The second kappa shape index (κ2) is 11.1. The monoisotopic (exact) mass is 513 g/mol. The summed E-state index contributed by atoms with van der Waals surface area (Å²) in [5, 5.41) is 7.13. The van der Waals surface area contributed by atoms with Gasteiger partial charge in [0.15, 0.2) is 5.11 Å². The van der Waals surface area contributed by atoms with E-state index in [1.807, 2.05) is 18.2 Å². The first-order valence-corrected chi connectivity index (χ1v) is 12.2. The van der Waals surface area contributed by atoms with Gasteiger partial charge in [0.25, 0.3) is 0 Å². The highest BCUT2D eigenvalue weighted by Crippen LogP contribution is 2.32. The van der Waals surface area contributed by atoms with Crippen LogP contribution in [0.15, 0.2) is 65.1 Å². The van der Waals surface area contributed by atoms with Crippen molar-refractivity contribution in [2.24, 2.45) is 5.92 Å². The van der Waals surface area contributed by atoms with E-state index in [1.165, 1.54) is 18.9 Å². The Morgan fingerprint density at radius 2 is 1.88 bits per heavy atom. The predicted octanol–water partition coefficient (Wildman–Crippen LogP) is 7.02. The molecule has 1 aromatic heterocycles. The van der Waals surface area contributed by atoms with Crippen LogP contribution >= 0.6 is 35.4 Å². The van der Waals surface area contributed by atoms with Crippen molar-refractivity contribution in [3.05, 3.63) is 76.5 Å². The van der Waals surface area contributed by atoms with E-state index in [9.17, 15) is 4.79 Å². The summed E-state index contributed by atoms with van der Waals surface area (Å²) in [7, 11) is 0. The molecule has 0 radical (unpaired) electrons. The number of benzene rings is 2. The Morgan fingerprint density at radius 1 is 1.12 bits per heavy atom. The number of amides is 1. The van der Waals surface area contributed by atoms with Crippen LogP contribution in [-0.4, -0.2) is 24.1 Å². The molecule has 0 atom stereocenters. The maximum Gasteiger partial charge on any atom is 0.250 e. The molecule has 0 spiro atoms. The molecule has 4 rings (SSSR count). The molecule has 34 heavy (non-hydrogen) atoms. The van der Waals surface area contributed by atoms with E-state index in [1.54, 1.807) is 36.4 Å². The molecule has 0 bridgehead atoms. The zero-order valence-corrected chi connectivity index (χ0v) is 21.0. The second-order valence-electron chi connectivity index (χ2n) is 8.29. The lowest BCUT2D eigenvalue weighted by Gasteiger charge is -2.33. The number of furan rings is 1. The first kappa shape index (κ1) is 24.3. The summed E-state index contributed by atoms with van der Waals surface area (Å²) in [6, 6.07) is 16.7. The lowest BCUT2D eigenvalue weighted by Crippen LogP contribution is -2.35. The Kier molecular flexibility index (Phi) is 7.93. The van der Waals surface area contributed by atoms with Crippen molar-refractivity contribution in [2.45, 2.75) is 19.8 Å². The van der Waals surface area contributed by atoms with E-state index in [-0.39, 0.29) is 11.0 Å². The Balaban J connectivity index is 1.35. The summed E-state index contributed by atoms with van der Waals surface area (Å²) in [5.74, 6) is 1.49. The number of anilines is 2. The number of hydrogen-bond acceptors (Lipinski definition) is 4. The number of piperidine rings is 1. The first-order chi connectivity index (χ1) is 16.4. The predicted molar refractivity (Wildman–Crippen MR) is 145 cm³/mol. The fourth-order valence-corrected chi connectivity index (χ4v) is 4.56. The van der Waals surface area contributed by atoms with Gasteiger partial charge in [-0.25, -0.2) is 0 Å². The van der Waals surface area contributed by atoms with Crippen molar-refractivity contribution in [2.75, 3.05) is 23.3 Å². The molecular weight excluding hydrogens is 489 g/mol. The number of thiocarbonyl (C=S) groups is 1. The second-order valence-corrected chi connectivity index (χ2v) is 9.54. The van der Waals surface area contributed by atoms with Gasteiger partial charge >= 0.3 is 0 Å². The summed E-state index contributed by atoms with van der Waals surface area (Å²) in [6.07, 6.45) is 5.28. The molecule has 8 heteroatoms. The number of carbonyl (C=O) groups is 1. The van der Waals surface area contributed by atoms with Crippen LogP contribution in [0.2, 0.25) is 10.0 Å². The van der Waals surface area contributed by atoms with E-state index >= 15 is 0 Å². The van der Waals surface area contributed by atoms with Crippen LogP contribution in [0.5, 0.6) is 0 Å². The minimum absolute atomic E-state index is 0.237. The van der Waals surface area contributed by atoms with Crippen molar-refractivity contribution in [3.8, 4) is 11.3 Å². The third-order valence-electron chi connectivity index (χ3n) is 5.74. The maximum atomic E-state index is 12.4. The Labute approximate surface area is 214 Å².